The first-order valence-corrected chi connectivity index (χ1v) is 31.9. The second-order valence-electron chi connectivity index (χ2n) is 29.0. The van der Waals surface area contributed by atoms with Gasteiger partial charge in [0.1, 0.15) is 110 Å². The van der Waals surface area contributed by atoms with E-state index in [-0.39, 0.29) is 40.9 Å². The molecule has 89 heavy (non-hydrogen) atoms. The molecule has 9 aliphatic rings. The maximum atomic E-state index is 12.8. The lowest BCUT2D eigenvalue weighted by atomic mass is 9.38. The Morgan fingerprint density at radius 1 is 0.539 bits per heavy atom. The van der Waals surface area contributed by atoms with Gasteiger partial charge in [-0.05, 0) is 99.7 Å². The Balaban J connectivity index is 0.884. The molecule has 28 nitrogen and oxygen atoms in total. The number of hydrogen-bond acceptors (Lipinski definition) is 28. The molecule has 0 aromatic rings. The van der Waals surface area contributed by atoms with Crippen LogP contribution in [0.5, 0.6) is 0 Å². The highest BCUT2D eigenvalue weighted by atomic mass is 16.8. The second-order valence-corrected chi connectivity index (χ2v) is 29.0. The molecule has 0 radical (unpaired) electrons. The molecule has 516 valence electrons. The lowest BCUT2D eigenvalue weighted by molar-refractivity contribution is -0.380. The summed E-state index contributed by atoms with van der Waals surface area (Å²) in [5.74, 6) is -0.760. The van der Waals surface area contributed by atoms with E-state index in [4.69, 9.17) is 47.4 Å². The Morgan fingerprint density at radius 2 is 1.03 bits per heavy atom. The van der Waals surface area contributed by atoms with E-state index < -0.39 is 221 Å². The van der Waals surface area contributed by atoms with Gasteiger partial charge in [0.25, 0.3) is 0 Å². The first-order valence-electron chi connectivity index (χ1n) is 31.9. The van der Waals surface area contributed by atoms with Gasteiger partial charge in [0.05, 0.1) is 63.1 Å². The zero-order valence-electron chi connectivity index (χ0n) is 52.4. The first-order chi connectivity index (χ1) is 41.7. The van der Waals surface area contributed by atoms with E-state index in [9.17, 15) is 91.9 Å². The fourth-order valence-corrected chi connectivity index (χ4v) is 17.3. The van der Waals surface area contributed by atoms with Crippen LogP contribution < -0.4 is 0 Å². The summed E-state index contributed by atoms with van der Waals surface area (Å²) in [5.41, 5.74) is -2.40. The van der Waals surface area contributed by atoms with Crippen LogP contribution in [0.1, 0.15) is 114 Å². The van der Waals surface area contributed by atoms with E-state index in [1.54, 1.807) is 0 Å². The third kappa shape index (κ3) is 13.0. The predicted molar refractivity (Wildman–Crippen MR) is 303 cm³/mol. The van der Waals surface area contributed by atoms with E-state index in [1.807, 2.05) is 13.8 Å². The second kappa shape index (κ2) is 27.6. The van der Waals surface area contributed by atoms with E-state index >= 15 is 0 Å². The Hall–Kier alpha value is -1.38. The van der Waals surface area contributed by atoms with E-state index in [0.717, 1.165) is 18.4 Å². The molecule has 5 saturated heterocycles. The molecule has 0 aromatic carbocycles. The zero-order chi connectivity index (χ0) is 65.5. The van der Waals surface area contributed by atoms with Crippen LogP contribution in [0.15, 0.2) is 11.6 Å². The Morgan fingerprint density at radius 3 is 1.61 bits per heavy atom. The molecule has 18 N–H and O–H groups in total. The molecule has 4 aliphatic carbocycles. The van der Waals surface area contributed by atoms with Crippen molar-refractivity contribution in [3.8, 4) is 0 Å². The fraction of sp³-hybridized carbons (Fsp3) is 0.967. The molecule has 28 heteroatoms. The van der Waals surface area contributed by atoms with Crippen LogP contribution in [0.3, 0.4) is 0 Å². The number of aliphatic hydroxyl groups excluding tert-OH is 17. The van der Waals surface area contributed by atoms with Crippen LogP contribution in [0.4, 0.5) is 0 Å². The average molecular weight is 1290 g/mol. The van der Waals surface area contributed by atoms with Crippen LogP contribution >= 0.6 is 0 Å². The van der Waals surface area contributed by atoms with Gasteiger partial charge in [-0.3, -0.25) is 0 Å². The van der Waals surface area contributed by atoms with Crippen molar-refractivity contribution in [2.45, 2.75) is 285 Å². The monoisotopic (exact) mass is 1280 g/mol. The summed E-state index contributed by atoms with van der Waals surface area (Å²) >= 11 is 0. The maximum Gasteiger partial charge on any atom is 0.187 e. The molecule has 5 aliphatic heterocycles. The minimum atomic E-state index is -1.93. The van der Waals surface area contributed by atoms with E-state index in [0.29, 0.717) is 32.1 Å². The highest BCUT2D eigenvalue weighted by molar-refractivity contribution is 5.32. The van der Waals surface area contributed by atoms with Gasteiger partial charge in [0.15, 0.2) is 31.5 Å². The lowest BCUT2D eigenvalue weighted by Gasteiger charge is -2.67. The number of hydrogen-bond donors (Lipinski definition) is 18. The standard InChI is InChI=1S/C61H104O28/c1-24(10-14-37(58(5,6)79)87-56-51(89-55-48(77)44(73)41(70)31(21-64)83-55)45(74)42(71)33(85-56)23-80-52-39(68)25(2)38(67)29(19-62)81-52)26-16-17-59(7)34-13-11-27-28(61(34,9)35(66)18-60(26,59)8)12-15-36(57(27,3)4)86-53-49(78)46(75)50(32(22-65)84-53)88-54-47(76)43(72)40(69)30(20-63)82-54/h11,24-26,28-56,62-79H,10,12-23H2,1-9H3/t24-,25+,26?,28?,29-,30-,31+,32-,33-,34?,35-,36+,37-,38+,39-,40-,41+,42-,43+,44-,45+,46-,47-,48+,49-,50-,51-,52+,53+,54-,55-,56+,59+,60-,61+/m1/s1. The molecular weight excluding hydrogens is 1180 g/mol. The van der Waals surface area contributed by atoms with E-state index in [1.165, 1.54) is 20.8 Å². The molecule has 0 spiro atoms. The summed E-state index contributed by atoms with van der Waals surface area (Å²) in [5, 5.41) is 196. The summed E-state index contributed by atoms with van der Waals surface area (Å²) < 4.78 is 60.0. The highest BCUT2D eigenvalue weighted by Gasteiger charge is 2.71. The van der Waals surface area contributed by atoms with Gasteiger partial charge in [0.2, 0.25) is 0 Å². The largest absolute Gasteiger partial charge is 0.394 e. The van der Waals surface area contributed by atoms with Gasteiger partial charge in [-0.1, -0.05) is 60.1 Å². The number of rotatable bonds is 20. The summed E-state index contributed by atoms with van der Waals surface area (Å²) in [6.07, 6.45) is -33.9. The first kappa shape index (κ1) is 71.9. The quantitative estimate of drug-likeness (QED) is 0.0515. The van der Waals surface area contributed by atoms with Crippen molar-refractivity contribution in [2.75, 3.05) is 33.0 Å². The normalized spacial score (nSPS) is 51.8. The molecule has 0 aromatic heterocycles. The van der Waals surface area contributed by atoms with Crippen LogP contribution in [-0.2, 0) is 47.4 Å². The van der Waals surface area contributed by atoms with Crippen molar-refractivity contribution in [1.29, 1.82) is 0 Å². The molecule has 9 rings (SSSR count). The van der Waals surface area contributed by atoms with Gasteiger partial charge < -0.3 is 139 Å². The Labute approximate surface area is 518 Å². The maximum absolute atomic E-state index is 12.8. The molecule has 5 heterocycles. The van der Waals surface area contributed by atoms with Crippen molar-refractivity contribution >= 4 is 0 Å². The van der Waals surface area contributed by atoms with Crippen molar-refractivity contribution in [3.63, 3.8) is 0 Å². The predicted octanol–water partition coefficient (Wildman–Crippen LogP) is -4.13. The minimum absolute atomic E-state index is 0.0171. The summed E-state index contributed by atoms with van der Waals surface area (Å²) in [6.45, 7) is 14.3. The van der Waals surface area contributed by atoms with Crippen LogP contribution in [0, 0.1) is 51.2 Å². The SMILES string of the molecule is C[C@@H]1[C@@H](O)[C@@H](OC[C@H]2O[C@@H](O[C@H](CC[C@@H](C)C3CC[C@@]4(C)C5CC=C6C(CC[C@H](O[C@@H]7O[C@H](CO)[C@@H](O[C@H]8O[C@H](CO)[C@@H](O)[C@H](O)[C@H]8O)[C@H](O)[C@H]7O)C6(C)C)[C@]5(C)[C@H](O)C[C@]34C)C(C)(C)O)[C@H](O[C@H]3O[C@@H](CO)[C@H](O)[C@@H](O)[C@@H]3O)[C@@H](O)[C@@H]2O)O[C@H](CO)[C@H]1O. The lowest BCUT2D eigenvalue weighted by Crippen LogP contribution is -2.66. The van der Waals surface area contributed by atoms with Gasteiger partial charge >= 0.3 is 0 Å². The van der Waals surface area contributed by atoms with Crippen LogP contribution in [0.25, 0.3) is 0 Å². The highest BCUT2D eigenvalue weighted by Crippen LogP contribution is 2.75. The fourth-order valence-electron chi connectivity index (χ4n) is 17.3. The molecule has 8 fully saturated rings. The van der Waals surface area contributed by atoms with Gasteiger partial charge in [-0.2, -0.15) is 0 Å². The summed E-state index contributed by atoms with van der Waals surface area (Å²) in [7, 11) is 0. The van der Waals surface area contributed by atoms with Crippen molar-refractivity contribution in [3.05, 3.63) is 11.6 Å². The summed E-state index contributed by atoms with van der Waals surface area (Å²) in [6, 6.07) is 0. The Kier molecular flexibility index (Phi) is 22.3. The third-order valence-corrected chi connectivity index (χ3v) is 23.3. The average Bonchev–Trinajstić information content (AvgIpc) is 1.66. The number of aliphatic hydroxyl groups is 18. The summed E-state index contributed by atoms with van der Waals surface area (Å²) in [4.78, 5) is 0. The molecule has 3 unspecified atom stereocenters. The zero-order valence-corrected chi connectivity index (χ0v) is 52.4. The Bertz CT molecular complexity index is 2340. The van der Waals surface area contributed by atoms with Crippen molar-refractivity contribution in [2.24, 2.45) is 51.2 Å². The smallest absolute Gasteiger partial charge is 0.187 e. The third-order valence-electron chi connectivity index (χ3n) is 23.3. The number of fused-ring (bicyclic) bond motifs is 5. The topological polar surface area (TPSA) is 456 Å². The molecule has 0 amide bonds. The minimum Gasteiger partial charge on any atom is -0.394 e. The number of ether oxygens (including phenoxy) is 10. The van der Waals surface area contributed by atoms with E-state index in [2.05, 4.69) is 33.8 Å². The van der Waals surface area contributed by atoms with Gasteiger partial charge in [-0.15, -0.1) is 0 Å². The molecular formula is C61H104O28. The van der Waals surface area contributed by atoms with Gasteiger partial charge in [0, 0.05) is 16.7 Å². The van der Waals surface area contributed by atoms with Crippen molar-refractivity contribution < 1.29 is 139 Å². The molecule has 35 atom stereocenters. The van der Waals surface area contributed by atoms with Gasteiger partial charge in [-0.25, -0.2) is 0 Å². The van der Waals surface area contributed by atoms with Crippen LogP contribution in [-0.4, -0.2) is 296 Å². The number of allylic oxidation sites excluding steroid dienone is 1. The molecule has 3 saturated carbocycles. The van der Waals surface area contributed by atoms with Crippen LogP contribution in [0.2, 0.25) is 0 Å². The molecule has 0 bridgehead atoms. The van der Waals surface area contributed by atoms with Crippen molar-refractivity contribution in [1.82, 2.24) is 0 Å².